The van der Waals surface area contributed by atoms with Gasteiger partial charge >= 0.3 is 12.1 Å². The maximum absolute atomic E-state index is 11.6. The van der Waals surface area contributed by atoms with Crippen LogP contribution in [0, 0.1) is 5.92 Å². The van der Waals surface area contributed by atoms with Crippen LogP contribution in [0.4, 0.5) is 4.79 Å². The Morgan fingerprint density at radius 3 is 2.62 bits per heavy atom. The highest BCUT2D eigenvalue weighted by atomic mass is 16.6. The van der Waals surface area contributed by atoms with Gasteiger partial charge in [0, 0.05) is 6.54 Å². The number of hydrogen-bond acceptors (Lipinski definition) is 3. The second-order valence-corrected chi connectivity index (χ2v) is 6.38. The van der Waals surface area contributed by atoms with Gasteiger partial charge in [-0.15, -0.1) is 0 Å². The van der Waals surface area contributed by atoms with Gasteiger partial charge in [-0.1, -0.05) is 18.2 Å². The Kier molecular flexibility index (Phi) is 4.21. The minimum atomic E-state index is -0.906. The Labute approximate surface area is 124 Å². The van der Waals surface area contributed by atoms with E-state index in [-0.39, 0.29) is 11.8 Å². The van der Waals surface area contributed by atoms with Crippen molar-refractivity contribution >= 4 is 12.1 Å². The van der Waals surface area contributed by atoms with Gasteiger partial charge in [0.1, 0.15) is 5.60 Å². The average molecular weight is 291 g/mol. The van der Waals surface area contributed by atoms with Crippen LogP contribution in [-0.4, -0.2) is 29.3 Å². The molecule has 5 nitrogen and oxygen atoms in total. The maximum atomic E-state index is 11.6. The number of benzene rings is 1. The first-order valence-electron chi connectivity index (χ1n) is 7.07. The number of carboxylic acids is 1. The number of carbonyl (C=O) groups excluding carboxylic acids is 1. The largest absolute Gasteiger partial charge is 0.478 e. The molecule has 1 aromatic carbocycles. The van der Waals surface area contributed by atoms with Crippen LogP contribution in [0.5, 0.6) is 0 Å². The van der Waals surface area contributed by atoms with E-state index in [4.69, 9.17) is 4.74 Å². The number of rotatable bonds is 4. The summed E-state index contributed by atoms with van der Waals surface area (Å²) in [4.78, 5) is 22.8. The first kappa shape index (κ1) is 15.4. The number of hydrogen-bond donors (Lipinski definition) is 2. The van der Waals surface area contributed by atoms with Gasteiger partial charge in [-0.2, -0.15) is 0 Å². The van der Waals surface area contributed by atoms with Crippen LogP contribution in [0.3, 0.4) is 0 Å². The Hall–Kier alpha value is -2.04. The molecule has 1 saturated carbocycles. The lowest BCUT2D eigenvalue weighted by Gasteiger charge is -2.19. The highest BCUT2D eigenvalue weighted by molar-refractivity contribution is 5.89. The third kappa shape index (κ3) is 4.21. The van der Waals surface area contributed by atoms with Crippen molar-refractivity contribution in [3.8, 4) is 0 Å². The van der Waals surface area contributed by atoms with Crippen LogP contribution in [-0.2, 0) is 4.74 Å². The van der Waals surface area contributed by atoms with Gasteiger partial charge in [-0.05, 0) is 50.7 Å². The van der Waals surface area contributed by atoms with Crippen LogP contribution in [0.25, 0.3) is 0 Å². The van der Waals surface area contributed by atoms with E-state index in [1.165, 1.54) is 0 Å². The van der Waals surface area contributed by atoms with Gasteiger partial charge in [-0.3, -0.25) is 0 Å². The fourth-order valence-corrected chi connectivity index (χ4v) is 2.40. The van der Waals surface area contributed by atoms with Gasteiger partial charge in [0.05, 0.1) is 5.56 Å². The van der Waals surface area contributed by atoms with E-state index in [9.17, 15) is 14.7 Å². The molecule has 114 valence electrons. The molecule has 21 heavy (non-hydrogen) atoms. The molecule has 0 radical (unpaired) electrons. The molecule has 1 amide bonds. The SMILES string of the molecule is CC(C)(C)OC(=O)NCC1CC1c1ccccc1C(=O)O. The van der Waals surface area contributed by atoms with Crippen molar-refractivity contribution < 1.29 is 19.4 Å². The quantitative estimate of drug-likeness (QED) is 0.894. The summed E-state index contributed by atoms with van der Waals surface area (Å²) in [5.41, 5.74) is 0.686. The van der Waals surface area contributed by atoms with Crippen molar-refractivity contribution in [3.63, 3.8) is 0 Å². The number of alkyl carbamates (subject to hydrolysis) is 1. The van der Waals surface area contributed by atoms with Gasteiger partial charge in [-0.25, -0.2) is 9.59 Å². The van der Waals surface area contributed by atoms with E-state index in [1.807, 2.05) is 32.9 Å². The van der Waals surface area contributed by atoms with Crippen LogP contribution in [0.15, 0.2) is 24.3 Å². The molecule has 5 heteroatoms. The fraction of sp³-hybridized carbons (Fsp3) is 0.500. The summed E-state index contributed by atoms with van der Waals surface area (Å²) in [5, 5.41) is 11.9. The summed E-state index contributed by atoms with van der Waals surface area (Å²) in [6.45, 7) is 5.95. The Morgan fingerprint density at radius 2 is 2.00 bits per heavy atom. The summed E-state index contributed by atoms with van der Waals surface area (Å²) in [6.07, 6.45) is 0.458. The van der Waals surface area contributed by atoms with Crippen molar-refractivity contribution in [2.75, 3.05) is 6.54 Å². The van der Waals surface area contributed by atoms with E-state index >= 15 is 0 Å². The maximum Gasteiger partial charge on any atom is 0.407 e. The topological polar surface area (TPSA) is 75.6 Å². The zero-order valence-electron chi connectivity index (χ0n) is 12.6. The predicted molar refractivity (Wildman–Crippen MR) is 78.5 cm³/mol. The number of carboxylic acid groups (broad SMARTS) is 1. The number of nitrogens with one attached hydrogen (secondary N) is 1. The molecule has 1 aliphatic carbocycles. The normalized spacial score (nSPS) is 20.7. The molecular formula is C16H21NO4. The van der Waals surface area contributed by atoms with Gasteiger partial charge < -0.3 is 15.2 Å². The number of carbonyl (C=O) groups is 2. The van der Waals surface area contributed by atoms with E-state index in [0.717, 1.165) is 12.0 Å². The molecule has 2 rings (SSSR count). The number of amides is 1. The Balaban J connectivity index is 1.88. The van der Waals surface area contributed by atoms with Gasteiger partial charge in [0.15, 0.2) is 0 Å². The van der Waals surface area contributed by atoms with Crippen LogP contribution >= 0.6 is 0 Å². The summed E-state index contributed by atoms with van der Waals surface area (Å²) in [6, 6.07) is 7.04. The van der Waals surface area contributed by atoms with Crippen LogP contribution < -0.4 is 5.32 Å². The lowest BCUT2D eigenvalue weighted by Crippen LogP contribution is -2.33. The second kappa shape index (κ2) is 5.76. The van der Waals surface area contributed by atoms with Crippen LogP contribution in [0.1, 0.15) is 49.0 Å². The molecule has 2 N–H and O–H groups in total. The molecule has 0 aromatic heterocycles. The number of aromatic carboxylic acids is 1. The number of ether oxygens (including phenoxy) is 1. The third-order valence-electron chi connectivity index (χ3n) is 3.42. The van der Waals surface area contributed by atoms with E-state index in [1.54, 1.807) is 12.1 Å². The molecular weight excluding hydrogens is 270 g/mol. The minimum absolute atomic E-state index is 0.201. The predicted octanol–water partition coefficient (Wildman–Crippen LogP) is 3.01. The van der Waals surface area contributed by atoms with Crippen molar-refractivity contribution in [3.05, 3.63) is 35.4 Å². The molecule has 0 bridgehead atoms. The summed E-state index contributed by atoms with van der Waals surface area (Å²) in [5.74, 6) is -0.429. The smallest absolute Gasteiger partial charge is 0.407 e. The lowest BCUT2D eigenvalue weighted by atomic mass is 10.0. The molecule has 2 atom stereocenters. The molecule has 0 spiro atoms. The van der Waals surface area contributed by atoms with Crippen molar-refractivity contribution in [2.45, 2.75) is 38.7 Å². The van der Waals surface area contributed by atoms with Crippen molar-refractivity contribution in [1.82, 2.24) is 5.32 Å². The summed E-state index contributed by atoms with van der Waals surface area (Å²) in [7, 11) is 0. The summed E-state index contributed by atoms with van der Waals surface area (Å²) < 4.78 is 5.17. The molecule has 0 aliphatic heterocycles. The monoisotopic (exact) mass is 291 g/mol. The molecule has 0 heterocycles. The average Bonchev–Trinajstić information content (AvgIpc) is 3.13. The highest BCUT2D eigenvalue weighted by Gasteiger charge is 2.40. The van der Waals surface area contributed by atoms with E-state index < -0.39 is 17.7 Å². The zero-order chi connectivity index (χ0) is 15.6. The summed E-state index contributed by atoms with van der Waals surface area (Å²) >= 11 is 0. The molecule has 2 unspecified atom stereocenters. The van der Waals surface area contributed by atoms with Crippen molar-refractivity contribution in [2.24, 2.45) is 5.92 Å². The van der Waals surface area contributed by atoms with E-state index in [2.05, 4.69) is 5.32 Å². The first-order chi connectivity index (χ1) is 9.78. The Bertz CT molecular complexity index is 547. The Morgan fingerprint density at radius 1 is 1.33 bits per heavy atom. The van der Waals surface area contributed by atoms with Gasteiger partial charge in [0.25, 0.3) is 0 Å². The lowest BCUT2D eigenvalue weighted by molar-refractivity contribution is 0.0524. The molecule has 1 fully saturated rings. The van der Waals surface area contributed by atoms with Crippen LogP contribution in [0.2, 0.25) is 0 Å². The molecule has 1 aromatic rings. The fourth-order valence-electron chi connectivity index (χ4n) is 2.40. The second-order valence-electron chi connectivity index (χ2n) is 6.38. The standard InChI is InChI=1S/C16H21NO4/c1-16(2,3)21-15(20)17-9-10-8-13(10)11-6-4-5-7-12(11)14(18)19/h4-7,10,13H,8-9H2,1-3H3,(H,17,20)(H,18,19). The highest BCUT2D eigenvalue weighted by Crippen LogP contribution is 2.48. The van der Waals surface area contributed by atoms with Crippen molar-refractivity contribution in [1.29, 1.82) is 0 Å². The van der Waals surface area contributed by atoms with Gasteiger partial charge in [0.2, 0.25) is 0 Å². The molecule has 1 aliphatic rings. The van der Waals surface area contributed by atoms with E-state index in [0.29, 0.717) is 12.1 Å². The third-order valence-corrected chi connectivity index (χ3v) is 3.42. The zero-order valence-corrected chi connectivity index (χ0v) is 12.6. The first-order valence-corrected chi connectivity index (χ1v) is 7.07. The molecule has 0 saturated heterocycles. The minimum Gasteiger partial charge on any atom is -0.478 e.